The number of sulfonamides is 1. The second-order valence-electron chi connectivity index (χ2n) is 5.56. The van der Waals surface area contributed by atoms with Gasteiger partial charge in [-0.2, -0.15) is 9.57 Å². The maximum Gasteiger partial charge on any atom is 0.243 e. The number of likely N-dealkylation sites (N-methyl/N-ethyl adjacent to an activating group) is 1. The molecule has 0 amide bonds. The molecule has 0 bridgehead atoms. The van der Waals surface area contributed by atoms with Crippen LogP contribution in [0.25, 0.3) is 0 Å². The van der Waals surface area contributed by atoms with E-state index < -0.39 is 10.0 Å². The molecular weight excluding hydrogens is 286 g/mol. The molecule has 5 nitrogen and oxygen atoms in total. The Morgan fingerprint density at radius 1 is 1.29 bits per heavy atom. The number of benzene rings is 1. The second-order valence-corrected chi connectivity index (χ2v) is 7.45. The van der Waals surface area contributed by atoms with Gasteiger partial charge in [-0.05, 0) is 44.6 Å². The van der Waals surface area contributed by atoms with Crippen LogP contribution in [-0.4, -0.2) is 50.3 Å². The summed E-state index contributed by atoms with van der Waals surface area (Å²) in [6.45, 7) is 4.15. The van der Waals surface area contributed by atoms with Crippen molar-refractivity contribution in [1.29, 1.82) is 5.26 Å². The molecule has 21 heavy (non-hydrogen) atoms. The van der Waals surface area contributed by atoms with Crippen LogP contribution in [-0.2, 0) is 16.4 Å². The summed E-state index contributed by atoms with van der Waals surface area (Å²) in [6, 6.07) is 8.65. The Hall–Kier alpha value is -1.42. The van der Waals surface area contributed by atoms with Gasteiger partial charge in [-0.3, -0.25) is 0 Å². The van der Waals surface area contributed by atoms with Gasteiger partial charge in [-0.15, -0.1) is 0 Å². The average Bonchev–Trinajstić information content (AvgIpc) is 2.60. The van der Waals surface area contributed by atoms with Gasteiger partial charge >= 0.3 is 0 Å². The lowest BCUT2D eigenvalue weighted by atomic mass is 10.2. The largest absolute Gasteiger partial charge is 0.305 e. The lowest BCUT2D eigenvalue weighted by molar-refractivity contribution is 0.290. The number of hydrogen-bond donors (Lipinski definition) is 0. The normalized spacial score (nSPS) is 21.7. The van der Waals surface area contributed by atoms with Gasteiger partial charge in [-0.25, -0.2) is 8.42 Å². The van der Waals surface area contributed by atoms with E-state index in [2.05, 4.69) is 11.0 Å². The minimum absolute atomic E-state index is 0.0405. The van der Waals surface area contributed by atoms with E-state index in [-0.39, 0.29) is 6.04 Å². The molecule has 2 rings (SSSR count). The summed E-state index contributed by atoms with van der Waals surface area (Å²) in [5.74, 6) is 0. The van der Waals surface area contributed by atoms with Gasteiger partial charge < -0.3 is 4.90 Å². The first-order valence-electron chi connectivity index (χ1n) is 7.11. The van der Waals surface area contributed by atoms with Crippen molar-refractivity contribution in [2.24, 2.45) is 0 Å². The summed E-state index contributed by atoms with van der Waals surface area (Å²) in [5, 5.41) is 8.66. The standard InChI is InChI=1S/C15H21N3O2S/c1-13-12-17(2)10-3-11-18(13)21(19,20)15-6-4-14(5-7-15)8-9-16/h4-7,13H,3,8,10-12H2,1-2H3. The lowest BCUT2D eigenvalue weighted by Gasteiger charge is -2.27. The van der Waals surface area contributed by atoms with E-state index in [0.717, 1.165) is 25.1 Å². The summed E-state index contributed by atoms with van der Waals surface area (Å²) in [4.78, 5) is 2.47. The van der Waals surface area contributed by atoms with E-state index in [1.54, 1.807) is 28.6 Å². The van der Waals surface area contributed by atoms with E-state index in [0.29, 0.717) is 17.9 Å². The number of nitrogens with zero attached hydrogens (tertiary/aromatic N) is 3. The quantitative estimate of drug-likeness (QED) is 0.848. The molecule has 0 radical (unpaired) electrons. The van der Waals surface area contributed by atoms with Crippen molar-refractivity contribution in [3.05, 3.63) is 29.8 Å². The molecule has 1 atom stereocenters. The summed E-state index contributed by atoms with van der Waals surface area (Å²) in [5.41, 5.74) is 0.833. The number of rotatable bonds is 3. The van der Waals surface area contributed by atoms with Crippen molar-refractivity contribution < 1.29 is 8.42 Å². The predicted molar refractivity (Wildman–Crippen MR) is 81.2 cm³/mol. The lowest BCUT2D eigenvalue weighted by Crippen LogP contribution is -2.41. The first kappa shape index (κ1) is 16.0. The number of hydrogen-bond acceptors (Lipinski definition) is 4. The van der Waals surface area contributed by atoms with E-state index in [1.807, 2.05) is 14.0 Å². The zero-order valence-electron chi connectivity index (χ0n) is 12.5. The van der Waals surface area contributed by atoms with Gasteiger partial charge in [0.2, 0.25) is 10.0 Å². The van der Waals surface area contributed by atoms with Crippen LogP contribution in [0, 0.1) is 11.3 Å². The van der Waals surface area contributed by atoms with Gasteiger partial charge in [0.15, 0.2) is 0 Å². The fourth-order valence-electron chi connectivity index (χ4n) is 2.71. The van der Waals surface area contributed by atoms with Crippen LogP contribution in [0.1, 0.15) is 18.9 Å². The van der Waals surface area contributed by atoms with Gasteiger partial charge in [-0.1, -0.05) is 12.1 Å². The smallest absolute Gasteiger partial charge is 0.243 e. The molecule has 1 fully saturated rings. The third-order valence-electron chi connectivity index (χ3n) is 3.80. The van der Waals surface area contributed by atoms with Crippen LogP contribution in [0.4, 0.5) is 0 Å². The highest BCUT2D eigenvalue weighted by Gasteiger charge is 2.31. The maximum absolute atomic E-state index is 12.8. The third kappa shape index (κ3) is 3.62. The molecule has 1 aromatic rings. The first-order chi connectivity index (χ1) is 9.95. The molecule has 1 aliphatic rings. The SMILES string of the molecule is CC1CN(C)CCCN1S(=O)(=O)c1ccc(CC#N)cc1. The molecule has 0 N–H and O–H groups in total. The Kier molecular flexibility index (Phi) is 4.99. The third-order valence-corrected chi connectivity index (χ3v) is 5.83. The minimum atomic E-state index is -3.47. The van der Waals surface area contributed by atoms with Gasteiger partial charge in [0.25, 0.3) is 0 Å². The molecule has 1 unspecified atom stereocenters. The Bertz CT molecular complexity index is 619. The van der Waals surface area contributed by atoms with Crippen molar-refractivity contribution >= 4 is 10.0 Å². The Balaban J connectivity index is 2.26. The fraction of sp³-hybridized carbons (Fsp3) is 0.533. The second kappa shape index (κ2) is 6.56. The van der Waals surface area contributed by atoms with E-state index in [9.17, 15) is 8.42 Å². The monoisotopic (exact) mass is 307 g/mol. The van der Waals surface area contributed by atoms with Crippen LogP contribution in [0.15, 0.2) is 29.2 Å². The first-order valence-corrected chi connectivity index (χ1v) is 8.55. The summed E-state index contributed by atoms with van der Waals surface area (Å²) in [7, 11) is -1.45. The molecular formula is C15H21N3O2S. The molecule has 0 saturated carbocycles. The Labute approximate surface area is 126 Å². The predicted octanol–water partition coefficient (Wildman–Crippen LogP) is 1.47. The van der Waals surface area contributed by atoms with Crippen molar-refractivity contribution in [3.8, 4) is 6.07 Å². The summed E-state index contributed by atoms with van der Waals surface area (Å²) >= 11 is 0. The van der Waals surface area contributed by atoms with Crippen molar-refractivity contribution in [2.45, 2.75) is 30.7 Å². The Morgan fingerprint density at radius 3 is 2.57 bits per heavy atom. The van der Waals surface area contributed by atoms with Gasteiger partial charge in [0.1, 0.15) is 0 Å². The van der Waals surface area contributed by atoms with Crippen LogP contribution >= 0.6 is 0 Å². The molecule has 1 aliphatic heterocycles. The molecule has 1 heterocycles. The zero-order valence-corrected chi connectivity index (χ0v) is 13.3. The molecule has 0 aromatic heterocycles. The van der Waals surface area contributed by atoms with Crippen molar-refractivity contribution in [1.82, 2.24) is 9.21 Å². The minimum Gasteiger partial charge on any atom is -0.305 e. The molecule has 1 saturated heterocycles. The molecule has 1 aromatic carbocycles. The highest BCUT2D eigenvalue weighted by atomic mass is 32.2. The topological polar surface area (TPSA) is 64.4 Å². The van der Waals surface area contributed by atoms with Crippen molar-refractivity contribution in [3.63, 3.8) is 0 Å². The zero-order chi connectivity index (χ0) is 15.5. The summed E-state index contributed by atoms with van der Waals surface area (Å²) in [6.07, 6.45) is 1.14. The van der Waals surface area contributed by atoms with E-state index in [1.165, 1.54) is 0 Å². The molecule has 114 valence electrons. The van der Waals surface area contributed by atoms with Gasteiger partial charge in [0.05, 0.1) is 17.4 Å². The van der Waals surface area contributed by atoms with Crippen LogP contribution in [0.5, 0.6) is 0 Å². The fourth-order valence-corrected chi connectivity index (χ4v) is 4.37. The summed E-state index contributed by atoms with van der Waals surface area (Å²) < 4.78 is 27.1. The van der Waals surface area contributed by atoms with Crippen LogP contribution in [0.2, 0.25) is 0 Å². The maximum atomic E-state index is 12.8. The van der Waals surface area contributed by atoms with E-state index >= 15 is 0 Å². The number of nitriles is 1. The van der Waals surface area contributed by atoms with Crippen LogP contribution in [0.3, 0.4) is 0 Å². The van der Waals surface area contributed by atoms with Gasteiger partial charge in [0, 0.05) is 19.1 Å². The molecule has 6 heteroatoms. The van der Waals surface area contributed by atoms with E-state index in [4.69, 9.17) is 5.26 Å². The highest BCUT2D eigenvalue weighted by Crippen LogP contribution is 2.21. The molecule has 0 aliphatic carbocycles. The highest BCUT2D eigenvalue weighted by molar-refractivity contribution is 7.89. The molecule has 0 spiro atoms. The van der Waals surface area contributed by atoms with Crippen molar-refractivity contribution in [2.75, 3.05) is 26.7 Å². The Morgan fingerprint density at radius 2 is 1.95 bits per heavy atom. The average molecular weight is 307 g/mol. The van der Waals surface area contributed by atoms with Crippen LogP contribution < -0.4 is 0 Å².